The molecule has 6 heteroatoms. The lowest BCUT2D eigenvalue weighted by atomic mass is 10.1. The van der Waals surface area contributed by atoms with Gasteiger partial charge in [-0.25, -0.2) is 10.4 Å². The number of aryl methyl sites for hydroxylation is 1. The molecular weight excluding hydrogens is 304 g/mol. The van der Waals surface area contributed by atoms with E-state index in [-0.39, 0.29) is 5.56 Å². The molecule has 0 aliphatic rings. The minimum absolute atomic E-state index is 0.208. The number of hydrogen-bond acceptors (Lipinski definition) is 5. The van der Waals surface area contributed by atoms with E-state index < -0.39 is 0 Å². The molecule has 1 heterocycles. The summed E-state index contributed by atoms with van der Waals surface area (Å²) in [6, 6.07) is 9.21. The van der Waals surface area contributed by atoms with Gasteiger partial charge in [-0.3, -0.25) is 9.78 Å². The van der Waals surface area contributed by atoms with Crippen LogP contribution in [0.5, 0.6) is 5.75 Å². The molecule has 0 amide bonds. The Labute approximate surface area is 142 Å². The molecule has 0 atom stereocenters. The van der Waals surface area contributed by atoms with Gasteiger partial charge in [-0.05, 0) is 56.0 Å². The van der Waals surface area contributed by atoms with E-state index in [2.05, 4.69) is 34.3 Å². The topological polar surface area (TPSA) is 79.4 Å². The van der Waals surface area contributed by atoms with Crippen molar-refractivity contribution >= 4 is 11.7 Å². The molecule has 0 spiro atoms. The highest BCUT2D eigenvalue weighted by Gasteiger charge is 2.01. The molecule has 0 unspecified atom stereocenters. The number of nitrogens with zero attached hydrogens (tertiary/aromatic N) is 2. The van der Waals surface area contributed by atoms with Gasteiger partial charge in [-0.2, -0.15) is 5.10 Å². The zero-order chi connectivity index (χ0) is 17.5. The molecule has 0 saturated carbocycles. The van der Waals surface area contributed by atoms with E-state index in [1.165, 1.54) is 6.07 Å². The molecule has 1 aromatic heterocycles. The summed E-state index contributed by atoms with van der Waals surface area (Å²) in [5.41, 5.74) is 4.96. The normalized spacial score (nSPS) is 11.6. The maximum atomic E-state index is 11.4. The number of benzene rings is 1. The van der Waals surface area contributed by atoms with Gasteiger partial charge in [-0.15, -0.1) is 0 Å². The Morgan fingerprint density at radius 1 is 1.33 bits per heavy atom. The Morgan fingerprint density at radius 2 is 2.04 bits per heavy atom. The second-order valence-electron chi connectivity index (χ2n) is 6.10. The van der Waals surface area contributed by atoms with E-state index in [0.29, 0.717) is 17.6 Å². The molecular formula is C18H24N4O2. The van der Waals surface area contributed by atoms with E-state index in [1.54, 1.807) is 6.92 Å². The maximum Gasteiger partial charge on any atom is 0.252 e. The summed E-state index contributed by atoms with van der Waals surface area (Å²) in [5, 5.41) is 4.26. The summed E-state index contributed by atoms with van der Waals surface area (Å²) in [7, 11) is 0. The van der Waals surface area contributed by atoms with E-state index in [1.807, 2.05) is 31.2 Å². The van der Waals surface area contributed by atoms with Gasteiger partial charge in [0.15, 0.2) is 0 Å². The lowest BCUT2D eigenvalue weighted by molar-refractivity contribution is 0.289. The van der Waals surface area contributed by atoms with Crippen molar-refractivity contribution in [2.45, 2.75) is 34.1 Å². The standard InChI is InChI=1S/C18H24N4O2/c1-12(2)9-10-24-16-7-5-15(6-8-16)14(4)21-22-18-19-13(3)11-17(23)20-18/h5-8,11-12H,9-10H2,1-4H3,(H2,19,20,22,23)/b21-14-. The molecule has 1 aromatic carbocycles. The molecule has 0 saturated heterocycles. The first-order chi connectivity index (χ1) is 11.4. The molecule has 0 aliphatic carbocycles. The van der Waals surface area contributed by atoms with Crippen molar-refractivity contribution in [3.63, 3.8) is 0 Å². The third-order valence-electron chi connectivity index (χ3n) is 3.44. The van der Waals surface area contributed by atoms with Crippen molar-refractivity contribution < 1.29 is 4.74 Å². The number of ether oxygens (including phenoxy) is 1. The Balaban J connectivity index is 1.98. The summed E-state index contributed by atoms with van der Waals surface area (Å²) in [6.45, 7) is 8.72. The van der Waals surface area contributed by atoms with E-state index in [0.717, 1.165) is 30.1 Å². The average molecular weight is 328 g/mol. The van der Waals surface area contributed by atoms with Gasteiger partial charge < -0.3 is 4.74 Å². The van der Waals surface area contributed by atoms with Gasteiger partial charge >= 0.3 is 0 Å². The molecule has 128 valence electrons. The zero-order valence-corrected chi connectivity index (χ0v) is 14.6. The van der Waals surface area contributed by atoms with Crippen LogP contribution in [-0.2, 0) is 0 Å². The summed E-state index contributed by atoms with van der Waals surface area (Å²) < 4.78 is 5.70. The smallest absolute Gasteiger partial charge is 0.252 e. The molecule has 2 N–H and O–H groups in total. The lowest BCUT2D eigenvalue weighted by Gasteiger charge is -2.09. The second-order valence-corrected chi connectivity index (χ2v) is 6.10. The molecule has 2 aromatic rings. The quantitative estimate of drug-likeness (QED) is 0.603. The van der Waals surface area contributed by atoms with E-state index >= 15 is 0 Å². The summed E-state index contributed by atoms with van der Waals surface area (Å²) >= 11 is 0. The number of aromatic nitrogens is 2. The van der Waals surface area contributed by atoms with Gasteiger partial charge in [0.1, 0.15) is 5.75 Å². The Morgan fingerprint density at radius 3 is 2.67 bits per heavy atom. The number of nitrogens with one attached hydrogen (secondary N) is 2. The highest BCUT2D eigenvalue weighted by Crippen LogP contribution is 2.14. The van der Waals surface area contributed by atoms with Crippen molar-refractivity contribution in [2.75, 3.05) is 12.0 Å². The predicted molar refractivity (Wildman–Crippen MR) is 96.8 cm³/mol. The molecule has 2 rings (SSSR count). The van der Waals surface area contributed by atoms with Crippen LogP contribution in [0.3, 0.4) is 0 Å². The Kier molecular flexibility index (Phi) is 6.12. The number of H-pyrrole nitrogens is 1. The fourth-order valence-electron chi connectivity index (χ4n) is 2.04. The molecule has 0 bridgehead atoms. The molecule has 0 fully saturated rings. The first-order valence-electron chi connectivity index (χ1n) is 8.05. The minimum atomic E-state index is -0.208. The monoisotopic (exact) mass is 328 g/mol. The van der Waals surface area contributed by atoms with Crippen LogP contribution in [0.4, 0.5) is 5.95 Å². The summed E-state index contributed by atoms with van der Waals surface area (Å²) in [6.07, 6.45) is 1.04. The third kappa shape index (κ3) is 5.53. The number of anilines is 1. The first kappa shape index (κ1) is 17.7. The summed E-state index contributed by atoms with van der Waals surface area (Å²) in [4.78, 5) is 18.2. The molecule has 0 aliphatic heterocycles. The molecule has 0 radical (unpaired) electrons. The van der Waals surface area contributed by atoms with Crippen LogP contribution < -0.4 is 15.7 Å². The van der Waals surface area contributed by atoms with Gasteiger partial charge in [0.2, 0.25) is 5.95 Å². The number of hydrazone groups is 1. The van der Waals surface area contributed by atoms with Crippen molar-refractivity contribution in [1.29, 1.82) is 0 Å². The highest BCUT2D eigenvalue weighted by molar-refractivity contribution is 5.99. The number of aromatic amines is 1. The van der Waals surface area contributed by atoms with Gasteiger partial charge in [0, 0.05) is 11.8 Å². The van der Waals surface area contributed by atoms with Crippen LogP contribution in [0.2, 0.25) is 0 Å². The Bertz CT molecular complexity index is 748. The SMILES string of the molecule is C/C(=N/Nc1nc(C)cc(=O)[nH]1)c1ccc(OCCC(C)C)cc1. The highest BCUT2D eigenvalue weighted by atomic mass is 16.5. The number of hydrogen-bond donors (Lipinski definition) is 2. The van der Waals surface area contributed by atoms with Crippen molar-refractivity contribution in [3.05, 3.63) is 51.9 Å². The first-order valence-corrected chi connectivity index (χ1v) is 8.05. The Hall–Kier alpha value is -2.63. The summed E-state index contributed by atoms with van der Waals surface area (Å²) in [5.74, 6) is 1.81. The van der Waals surface area contributed by atoms with Gasteiger partial charge in [0.05, 0.1) is 12.3 Å². The van der Waals surface area contributed by atoms with Crippen molar-refractivity contribution in [1.82, 2.24) is 9.97 Å². The van der Waals surface area contributed by atoms with Gasteiger partial charge in [0.25, 0.3) is 5.56 Å². The average Bonchev–Trinajstić information content (AvgIpc) is 2.52. The van der Waals surface area contributed by atoms with Crippen molar-refractivity contribution in [3.8, 4) is 5.75 Å². The lowest BCUT2D eigenvalue weighted by Crippen LogP contribution is -2.11. The predicted octanol–water partition coefficient (Wildman–Crippen LogP) is 3.34. The van der Waals surface area contributed by atoms with Crippen LogP contribution in [-0.4, -0.2) is 22.3 Å². The minimum Gasteiger partial charge on any atom is -0.494 e. The zero-order valence-electron chi connectivity index (χ0n) is 14.6. The van der Waals surface area contributed by atoms with Crippen molar-refractivity contribution in [2.24, 2.45) is 11.0 Å². The number of rotatable bonds is 7. The van der Waals surface area contributed by atoms with Crippen LogP contribution in [0, 0.1) is 12.8 Å². The fraction of sp³-hybridized carbons (Fsp3) is 0.389. The fourth-order valence-corrected chi connectivity index (χ4v) is 2.04. The second kappa shape index (κ2) is 8.29. The van der Waals surface area contributed by atoms with Crippen LogP contribution >= 0.6 is 0 Å². The van der Waals surface area contributed by atoms with E-state index in [4.69, 9.17) is 4.74 Å². The van der Waals surface area contributed by atoms with E-state index in [9.17, 15) is 4.79 Å². The molecule has 6 nitrogen and oxygen atoms in total. The maximum absolute atomic E-state index is 11.4. The van der Waals surface area contributed by atoms with Crippen LogP contribution in [0.1, 0.15) is 38.4 Å². The van der Waals surface area contributed by atoms with Crippen LogP contribution in [0.25, 0.3) is 0 Å². The molecule has 24 heavy (non-hydrogen) atoms. The largest absolute Gasteiger partial charge is 0.494 e. The van der Waals surface area contributed by atoms with Gasteiger partial charge in [-0.1, -0.05) is 13.8 Å². The van der Waals surface area contributed by atoms with Crippen LogP contribution in [0.15, 0.2) is 40.2 Å². The third-order valence-corrected chi connectivity index (χ3v) is 3.44.